The highest BCUT2D eigenvalue weighted by Gasteiger charge is 2.10. The topological polar surface area (TPSA) is 32.7 Å². The van der Waals surface area contributed by atoms with E-state index in [2.05, 4.69) is 16.7 Å². The second-order valence-electron chi connectivity index (χ2n) is 5.05. The molecule has 1 fully saturated rings. The van der Waals surface area contributed by atoms with Crippen LogP contribution in [0.2, 0.25) is 0 Å². The van der Waals surface area contributed by atoms with Crippen molar-refractivity contribution in [3.63, 3.8) is 0 Å². The average Bonchev–Trinajstić information content (AvgIpc) is 2.99. The molecule has 0 unspecified atom stereocenters. The van der Waals surface area contributed by atoms with Gasteiger partial charge in [-0.3, -0.25) is 0 Å². The molecule has 0 aromatic heterocycles. The Morgan fingerprint density at radius 1 is 1.15 bits per heavy atom. The van der Waals surface area contributed by atoms with Crippen LogP contribution in [-0.2, 0) is 0 Å². The van der Waals surface area contributed by atoms with Crippen LogP contribution in [-0.4, -0.2) is 42.9 Å². The van der Waals surface area contributed by atoms with Gasteiger partial charge in [0.2, 0.25) is 0 Å². The number of aliphatic hydroxyl groups is 1. The Bertz CT molecular complexity index is 438. The number of nitrogens with zero attached hydrogens (tertiary/aromatic N) is 1. The van der Waals surface area contributed by atoms with Gasteiger partial charge in [-0.25, -0.2) is 0 Å². The van der Waals surface area contributed by atoms with Crippen LogP contribution >= 0.6 is 0 Å². The maximum Gasteiger partial charge on any atom is 0.119 e. The highest BCUT2D eigenvalue weighted by atomic mass is 16.5. The first-order valence-electron chi connectivity index (χ1n) is 7.43. The van der Waals surface area contributed by atoms with E-state index in [4.69, 9.17) is 9.84 Å². The van der Waals surface area contributed by atoms with Crippen molar-refractivity contribution in [1.82, 2.24) is 4.90 Å². The van der Waals surface area contributed by atoms with Gasteiger partial charge < -0.3 is 14.7 Å². The van der Waals surface area contributed by atoms with Crippen molar-refractivity contribution in [2.75, 3.05) is 32.8 Å². The van der Waals surface area contributed by atoms with Gasteiger partial charge in [-0.1, -0.05) is 11.8 Å². The van der Waals surface area contributed by atoms with Crippen molar-refractivity contribution in [3.8, 4) is 17.6 Å². The number of likely N-dealkylation sites (tertiary alicyclic amines) is 1. The lowest BCUT2D eigenvalue weighted by molar-refractivity contribution is 0.263. The number of hydrogen-bond donors (Lipinski definition) is 1. The molecule has 0 aliphatic carbocycles. The van der Waals surface area contributed by atoms with Crippen molar-refractivity contribution < 1.29 is 9.84 Å². The zero-order chi connectivity index (χ0) is 14.0. The molecule has 108 valence electrons. The molecule has 0 bridgehead atoms. The quantitative estimate of drug-likeness (QED) is 0.637. The molecule has 2 rings (SSSR count). The van der Waals surface area contributed by atoms with Gasteiger partial charge in [-0.05, 0) is 56.6 Å². The average molecular weight is 273 g/mol. The van der Waals surface area contributed by atoms with Crippen LogP contribution in [0.3, 0.4) is 0 Å². The molecule has 3 heteroatoms. The molecule has 1 N–H and O–H groups in total. The molecule has 1 heterocycles. The van der Waals surface area contributed by atoms with Crippen LogP contribution in [0.5, 0.6) is 5.75 Å². The van der Waals surface area contributed by atoms with Crippen LogP contribution in [0.4, 0.5) is 0 Å². The summed E-state index contributed by atoms with van der Waals surface area (Å²) in [6, 6.07) is 7.83. The van der Waals surface area contributed by atoms with Crippen molar-refractivity contribution in [2.45, 2.75) is 25.7 Å². The standard InChI is InChI=1S/C17H23NO2/c19-14-4-1-6-16-7-9-17(10-8-16)20-15-5-13-18-11-2-3-12-18/h7-10,19H,2-5,11-15H2. The first-order chi connectivity index (χ1) is 9.88. The Morgan fingerprint density at radius 3 is 2.60 bits per heavy atom. The van der Waals surface area contributed by atoms with E-state index in [0.717, 1.165) is 30.9 Å². The van der Waals surface area contributed by atoms with E-state index in [9.17, 15) is 0 Å². The number of benzene rings is 1. The largest absolute Gasteiger partial charge is 0.494 e. The summed E-state index contributed by atoms with van der Waals surface area (Å²) >= 11 is 0. The van der Waals surface area contributed by atoms with E-state index in [-0.39, 0.29) is 6.61 Å². The summed E-state index contributed by atoms with van der Waals surface area (Å²) in [5.41, 5.74) is 0.961. The predicted octanol–water partition coefficient (Wildman–Crippen LogP) is 2.29. The zero-order valence-corrected chi connectivity index (χ0v) is 12.0. The van der Waals surface area contributed by atoms with E-state index in [1.807, 2.05) is 24.3 Å². The van der Waals surface area contributed by atoms with Gasteiger partial charge in [0, 0.05) is 18.5 Å². The number of aliphatic hydroxyl groups excluding tert-OH is 1. The lowest BCUT2D eigenvalue weighted by Gasteiger charge is -2.14. The minimum absolute atomic E-state index is 0.116. The summed E-state index contributed by atoms with van der Waals surface area (Å²) in [5.74, 6) is 6.81. The van der Waals surface area contributed by atoms with Gasteiger partial charge in [-0.15, -0.1) is 0 Å². The van der Waals surface area contributed by atoms with E-state index in [1.165, 1.54) is 25.9 Å². The summed E-state index contributed by atoms with van der Waals surface area (Å²) in [6.45, 7) is 4.53. The highest BCUT2D eigenvalue weighted by Crippen LogP contribution is 2.12. The third-order valence-corrected chi connectivity index (χ3v) is 3.41. The summed E-state index contributed by atoms with van der Waals surface area (Å²) < 4.78 is 5.73. The number of ether oxygens (including phenoxy) is 1. The molecule has 1 saturated heterocycles. The van der Waals surface area contributed by atoms with Crippen LogP contribution < -0.4 is 4.74 Å². The van der Waals surface area contributed by atoms with Crippen LogP contribution in [0, 0.1) is 11.8 Å². The van der Waals surface area contributed by atoms with E-state index >= 15 is 0 Å². The van der Waals surface area contributed by atoms with E-state index in [1.54, 1.807) is 0 Å². The SMILES string of the molecule is OCCC#Cc1ccc(OCCCN2CCCC2)cc1. The fraction of sp³-hybridized carbons (Fsp3) is 0.529. The Balaban J connectivity index is 1.67. The monoisotopic (exact) mass is 273 g/mol. The smallest absolute Gasteiger partial charge is 0.119 e. The first-order valence-corrected chi connectivity index (χ1v) is 7.43. The lowest BCUT2D eigenvalue weighted by Crippen LogP contribution is -2.21. The molecule has 0 saturated carbocycles. The molecular formula is C17H23NO2. The first kappa shape index (κ1) is 14.9. The molecule has 3 nitrogen and oxygen atoms in total. The van der Waals surface area contributed by atoms with Gasteiger partial charge in [0.25, 0.3) is 0 Å². The molecule has 0 amide bonds. The second kappa shape index (κ2) is 8.63. The van der Waals surface area contributed by atoms with Gasteiger partial charge in [0.15, 0.2) is 0 Å². The fourth-order valence-electron chi connectivity index (χ4n) is 2.34. The minimum atomic E-state index is 0.116. The Morgan fingerprint density at radius 2 is 1.90 bits per heavy atom. The normalized spacial score (nSPS) is 14.8. The maximum atomic E-state index is 8.66. The molecule has 1 aromatic carbocycles. The van der Waals surface area contributed by atoms with Gasteiger partial charge in [0.05, 0.1) is 13.2 Å². The summed E-state index contributed by atoms with van der Waals surface area (Å²) in [7, 11) is 0. The van der Waals surface area contributed by atoms with Gasteiger partial charge in [-0.2, -0.15) is 0 Å². The Hall–Kier alpha value is -1.50. The third kappa shape index (κ3) is 5.24. The van der Waals surface area contributed by atoms with Crippen LogP contribution in [0.15, 0.2) is 24.3 Å². The molecule has 1 aliphatic rings. The van der Waals surface area contributed by atoms with Gasteiger partial charge >= 0.3 is 0 Å². The molecule has 1 aliphatic heterocycles. The number of rotatable bonds is 6. The summed E-state index contributed by atoms with van der Waals surface area (Å²) in [4.78, 5) is 2.50. The van der Waals surface area contributed by atoms with Crippen molar-refractivity contribution in [2.24, 2.45) is 0 Å². The molecule has 0 radical (unpaired) electrons. The van der Waals surface area contributed by atoms with Crippen molar-refractivity contribution >= 4 is 0 Å². The Labute approximate surface area is 121 Å². The number of hydrogen-bond acceptors (Lipinski definition) is 3. The molecular weight excluding hydrogens is 250 g/mol. The molecule has 0 spiro atoms. The van der Waals surface area contributed by atoms with Crippen LogP contribution in [0.25, 0.3) is 0 Å². The van der Waals surface area contributed by atoms with E-state index in [0.29, 0.717) is 6.42 Å². The zero-order valence-electron chi connectivity index (χ0n) is 12.0. The second-order valence-corrected chi connectivity index (χ2v) is 5.05. The minimum Gasteiger partial charge on any atom is -0.494 e. The fourth-order valence-corrected chi connectivity index (χ4v) is 2.34. The summed E-state index contributed by atoms with van der Waals surface area (Å²) in [5, 5.41) is 8.66. The maximum absolute atomic E-state index is 8.66. The highest BCUT2D eigenvalue weighted by molar-refractivity contribution is 5.38. The lowest BCUT2D eigenvalue weighted by atomic mass is 10.2. The molecule has 20 heavy (non-hydrogen) atoms. The van der Waals surface area contributed by atoms with E-state index < -0.39 is 0 Å². The molecule has 0 atom stereocenters. The van der Waals surface area contributed by atoms with Crippen LogP contribution in [0.1, 0.15) is 31.2 Å². The van der Waals surface area contributed by atoms with Crippen molar-refractivity contribution in [1.29, 1.82) is 0 Å². The summed E-state index contributed by atoms with van der Waals surface area (Å²) in [6.07, 6.45) is 4.30. The van der Waals surface area contributed by atoms with Crippen molar-refractivity contribution in [3.05, 3.63) is 29.8 Å². The van der Waals surface area contributed by atoms with Gasteiger partial charge in [0.1, 0.15) is 5.75 Å². The Kier molecular flexibility index (Phi) is 6.43. The predicted molar refractivity (Wildman–Crippen MR) is 80.8 cm³/mol. The third-order valence-electron chi connectivity index (χ3n) is 3.41. The molecule has 1 aromatic rings.